The summed E-state index contributed by atoms with van der Waals surface area (Å²) in [6.45, 7) is 1.90. The minimum Gasteiger partial charge on any atom is -0.378 e. The molecule has 1 fully saturated rings. The zero-order valence-electron chi connectivity index (χ0n) is 18.6. The summed E-state index contributed by atoms with van der Waals surface area (Å²) in [5.74, 6) is 0.713. The van der Waals surface area contributed by atoms with Crippen LogP contribution < -0.4 is 10.2 Å². The van der Waals surface area contributed by atoms with Crippen LogP contribution in [0.3, 0.4) is 0 Å². The molecule has 1 heterocycles. The van der Waals surface area contributed by atoms with Gasteiger partial charge in [-0.3, -0.25) is 9.36 Å². The van der Waals surface area contributed by atoms with Gasteiger partial charge in [-0.1, -0.05) is 48.3 Å². The van der Waals surface area contributed by atoms with Gasteiger partial charge in [0.2, 0.25) is 5.91 Å². The Bertz CT molecular complexity index is 1080. The van der Waals surface area contributed by atoms with E-state index in [0.29, 0.717) is 11.1 Å². The molecular formula is C24H28ClN5OS. The number of benzene rings is 2. The first kappa shape index (κ1) is 22.7. The standard InChI is InChI=1S/C24H28ClN5OS/c1-16(23(31)26-17-12-14-18(15-13-17)29(2)3)32-24-28-27-22(20-10-6-7-11-21(20)25)30(24)19-8-4-5-9-19/h6-7,10-16,19H,4-5,8-9H2,1-3H3,(H,26,31). The topological polar surface area (TPSA) is 63.1 Å². The molecule has 1 aliphatic carbocycles. The maximum Gasteiger partial charge on any atom is 0.237 e. The van der Waals surface area contributed by atoms with Gasteiger partial charge in [-0.05, 0) is 56.2 Å². The fraction of sp³-hybridized carbons (Fsp3) is 0.375. The first-order chi connectivity index (χ1) is 15.4. The summed E-state index contributed by atoms with van der Waals surface area (Å²) < 4.78 is 2.19. The van der Waals surface area contributed by atoms with E-state index in [4.69, 9.17) is 11.6 Å². The quantitative estimate of drug-likeness (QED) is 0.436. The molecule has 168 valence electrons. The lowest BCUT2D eigenvalue weighted by atomic mass is 10.2. The fourth-order valence-corrected chi connectivity index (χ4v) is 5.11. The number of carbonyl (C=O) groups excluding carboxylic acids is 1. The van der Waals surface area contributed by atoms with E-state index in [1.807, 2.05) is 74.4 Å². The van der Waals surface area contributed by atoms with Gasteiger partial charge < -0.3 is 10.2 Å². The third-order valence-electron chi connectivity index (χ3n) is 5.77. The Morgan fingerprint density at radius 2 is 1.81 bits per heavy atom. The molecule has 0 spiro atoms. The molecule has 1 N–H and O–H groups in total. The van der Waals surface area contributed by atoms with E-state index in [0.717, 1.165) is 40.8 Å². The van der Waals surface area contributed by atoms with E-state index in [2.05, 4.69) is 20.1 Å². The molecule has 1 saturated carbocycles. The summed E-state index contributed by atoms with van der Waals surface area (Å²) in [4.78, 5) is 14.9. The Kier molecular flexibility index (Phi) is 7.06. The summed E-state index contributed by atoms with van der Waals surface area (Å²) in [6.07, 6.45) is 4.55. The van der Waals surface area contributed by atoms with Crippen molar-refractivity contribution in [3.63, 3.8) is 0 Å². The Hall–Kier alpha value is -2.51. The number of hydrogen-bond donors (Lipinski definition) is 1. The molecule has 4 rings (SSSR count). The smallest absolute Gasteiger partial charge is 0.237 e. The Balaban J connectivity index is 1.54. The minimum atomic E-state index is -0.327. The van der Waals surface area contributed by atoms with Crippen molar-refractivity contribution >= 4 is 40.6 Å². The zero-order valence-corrected chi connectivity index (χ0v) is 20.2. The number of thioether (sulfide) groups is 1. The van der Waals surface area contributed by atoms with E-state index in [9.17, 15) is 4.79 Å². The molecule has 1 aromatic heterocycles. The van der Waals surface area contributed by atoms with Gasteiger partial charge in [0.05, 0.1) is 10.3 Å². The van der Waals surface area contributed by atoms with E-state index in [1.165, 1.54) is 24.6 Å². The highest BCUT2D eigenvalue weighted by atomic mass is 35.5. The van der Waals surface area contributed by atoms with Crippen molar-refractivity contribution in [2.24, 2.45) is 0 Å². The molecule has 1 atom stereocenters. The third-order valence-corrected chi connectivity index (χ3v) is 7.16. The molecule has 0 saturated heterocycles. The second kappa shape index (κ2) is 9.96. The molecule has 8 heteroatoms. The molecule has 1 amide bonds. The van der Waals surface area contributed by atoms with Crippen LogP contribution in [0, 0.1) is 0 Å². The van der Waals surface area contributed by atoms with Gasteiger partial charge in [-0.2, -0.15) is 0 Å². The number of amides is 1. The molecule has 32 heavy (non-hydrogen) atoms. The summed E-state index contributed by atoms with van der Waals surface area (Å²) in [7, 11) is 3.98. The number of nitrogens with zero attached hydrogens (tertiary/aromatic N) is 4. The molecule has 0 aliphatic heterocycles. The second-order valence-electron chi connectivity index (χ2n) is 8.28. The molecular weight excluding hydrogens is 442 g/mol. The van der Waals surface area contributed by atoms with Crippen LogP contribution in [-0.4, -0.2) is 40.0 Å². The number of anilines is 2. The lowest BCUT2D eigenvalue weighted by molar-refractivity contribution is -0.115. The Morgan fingerprint density at radius 1 is 1.12 bits per heavy atom. The number of nitrogens with one attached hydrogen (secondary N) is 1. The average Bonchev–Trinajstić information content (AvgIpc) is 3.44. The predicted molar refractivity (Wildman–Crippen MR) is 133 cm³/mol. The summed E-state index contributed by atoms with van der Waals surface area (Å²) in [5, 5.41) is 13.1. The summed E-state index contributed by atoms with van der Waals surface area (Å²) in [5.41, 5.74) is 2.74. The highest BCUT2D eigenvalue weighted by molar-refractivity contribution is 8.00. The molecule has 0 bridgehead atoms. The lowest BCUT2D eigenvalue weighted by Gasteiger charge is -2.19. The van der Waals surface area contributed by atoms with Crippen LogP contribution in [0.4, 0.5) is 11.4 Å². The molecule has 1 unspecified atom stereocenters. The van der Waals surface area contributed by atoms with Crippen LogP contribution in [0.2, 0.25) is 5.02 Å². The second-order valence-corrected chi connectivity index (χ2v) is 10.0. The molecule has 0 radical (unpaired) electrons. The number of aromatic nitrogens is 3. The monoisotopic (exact) mass is 469 g/mol. The van der Waals surface area contributed by atoms with Crippen LogP contribution in [0.5, 0.6) is 0 Å². The maximum atomic E-state index is 12.9. The van der Waals surface area contributed by atoms with Crippen molar-refractivity contribution < 1.29 is 4.79 Å². The first-order valence-electron chi connectivity index (χ1n) is 10.9. The predicted octanol–water partition coefficient (Wildman–Crippen LogP) is 5.90. The van der Waals surface area contributed by atoms with Gasteiger partial charge in [-0.25, -0.2) is 0 Å². The van der Waals surface area contributed by atoms with Crippen molar-refractivity contribution in [1.82, 2.24) is 14.8 Å². The number of rotatable bonds is 7. The van der Waals surface area contributed by atoms with Crippen molar-refractivity contribution in [3.05, 3.63) is 53.6 Å². The van der Waals surface area contributed by atoms with Crippen LogP contribution in [0.25, 0.3) is 11.4 Å². The third kappa shape index (κ3) is 4.94. The molecule has 6 nitrogen and oxygen atoms in total. The van der Waals surface area contributed by atoms with Crippen molar-refractivity contribution in [1.29, 1.82) is 0 Å². The van der Waals surface area contributed by atoms with E-state index in [-0.39, 0.29) is 11.2 Å². The fourth-order valence-electron chi connectivity index (χ4n) is 3.97. The van der Waals surface area contributed by atoms with Crippen LogP contribution in [0.1, 0.15) is 38.6 Å². The Labute approximate surface area is 198 Å². The molecule has 1 aliphatic rings. The highest BCUT2D eigenvalue weighted by Crippen LogP contribution is 2.39. The van der Waals surface area contributed by atoms with Gasteiger partial charge in [0, 0.05) is 37.1 Å². The highest BCUT2D eigenvalue weighted by Gasteiger charge is 2.28. The molecule has 2 aromatic carbocycles. The van der Waals surface area contributed by atoms with Gasteiger partial charge in [-0.15, -0.1) is 10.2 Å². The first-order valence-corrected chi connectivity index (χ1v) is 12.1. The normalized spacial score (nSPS) is 15.0. The van der Waals surface area contributed by atoms with Gasteiger partial charge in [0.1, 0.15) is 0 Å². The van der Waals surface area contributed by atoms with Crippen molar-refractivity contribution in [3.8, 4) is 11.4 Å². The lowest BCUT2D eigenvalue weighted by Crippen LogP contribution is -2.23. The van der Waals surface area contributed by atoms with Crippen LogP contribution >= 0.6 is 23.4 Å². The zero-order chi connectivity index (χ0) is 22.7. The molecule has 3 aromatic rings. The maximum absolute atomic E-state index is 12.9. The van der Waals surface area contributed by atoms with Gasteiger partial charge >= 0.3 is 0 Å². The van der Waals surface area contributed by atoms with Crippen LogP contribution in [-0.2, 0) is 4.79 Å². The summed E-state index contributed by atoms with van der Waals surface area (Å²) in [6, 6.07) is 15.8. The van der Waals surface area contributed by atoms with Gasteiger partial charge in [0.25, 0.3) is 0 Å². The van der Waals surface area contributed by atoms with E-state index in [1.54, 1.807) is 0 Å². The van der Waals surface area contributed by atoms with Crippen LogP contribution in [0.15, 0.2) is 53.7 Å². The van der Waals surface area contributed by atoms with Crippen molar-refractivity contribution in [2.75, 3.05) is 24.3 Å². The van der Waals surface area contributed by atoms with E-state index >= 15 is 0 Å². The summed E-state index contributed by atoms with van der Waals surface area (Å²) >= 11 is 7.91. The number of hydrogen-bond acceptors (Lipinski definition) is 5. The number of carbonyl (C=O) groups is 1. The van der Waals surface area contributed by atoms with E-state index < -0.39 is 0 Å². The largest absolute Gasteiger partial charge is 0.378 e. The van der Waals surface area contributed by atoms with Gasteiger partial charge in [0.15, 0.2) is 11.0 Å². The number of halogens is 1. The SMILES string of the molecule is CC(Sc1nnc(-c2ccccc2Cl)n1C1CCCC1)C(=O)Nc1ccc(N(C)C)cc1. The van der Waals surface area contributed by atoms with Crippen molar-refractivity contribution in [2.45, 2.75) is 49.1 Å². The average molecular weight is 470 g/mol. The Morgan fingerprint density at radius 3 is 2.47 bits per heavy atom. The minimum absolute atomic E-state index is 0.0622.